The number of fused-ring (bicyclic) bond motifs is 2. The molecule has 2 aromatic carbocycles. The van der Waals surface area contributed by atoms with Gasteiger partial charge in [0.1, 0.15) is 5.58 Å². The van der Waals surface area contributed by atoms with Gasteiger partial charge in [0, 0.05) is 6.54 Å². The minimum atomic E-state index is -0.560. The van der Waals surface area contributed by atoms with Gasteiger partial charge in [-0.15, -0.1) is 0 Å². The van der Waals surface area contributed by atoms with Crippen molar-refractivity contribution in [2.24, 2.45) is 0 Å². The van der Waals surface area contributed by atoms with Gasteiger partial charge in [0.2, 0.25) is 5.76 Å². The number of hydrogen-bond acceptors (Lipinski definition) is 4. The molecule has 1 amide bonds. The molecule has 1 aliphatic rings. The molecule has 0 N–H and O–H groups in total. The fraction of sp³-hybridized carbons (Fsp3) is 0.333. The maximum atomic E-state index is 13.4. The topological polar surface area (TPSA) is 53.8 Å². The van der Waals surface area contributed by atoms with E-state index in [1.54, 1.807) is 41.3 Å². The molecule has 1 aliphatic heterocycles. The largest absolute Gasteiger partial charge is 0.450 e. The van der Waals surface area contributed by atoms with E-state index < -0.39 is 6.04 Å². The molecule has 2 heterocycles. The Hall–Kier alpha value is -2.34. The number of nitrogens with zero attached hydrogens (tertiary/aromatic N) is 2. The molecule has 0 unspecified atom stereocenters. The molecule has 0 aliphatic carbocycles. The molecule has 0 saturated heterocycles. The summed E-state index contributed by atoms with van der Waals surface area (Å²) in [4.78, 5) is 30.8. The molecule has 4 rings (SSSR count). The Kier molecular flexibility index (Phi) is 6.37. The van der Waals surface area contributed by atoms with Gasteiger partial charge in [-0.2, -0.15) is 0 Å². The van der Waals surface area contributed by atoms with E-state index in [0.717, 1.165) is 31.6 Å². The molecule has 0 spiro atoms. The minimum Gasteiger partial charge on any atom is -0.450 e. The predicted molar refractivity (Wildman–Crippen MR) is 124 cm³/mol. The zero-order valence-corrected chi connectivity index (χ0v) is 19.0. The van der Waals surface area contributed by atoms with Crippen LogP contribution in [0.5, 0.6) is 0 Å². The molecule has 0 saturated carbocycles. The highest BCUT2D eigenvalue weighted by molar-refractivity contribution is 6.42. The Labute approximate surface area is 191 Å². The third kappa shape index (κ3) is 3.98. The van der Waals surface area contributed by atoms with Crippen molar-refractivity contribution in [2.45, 2.75) is 26.3 Å². The molecule has 0 fully saturated rings. The molecule has 0 bridgehead atoms. The maximum absolute atomic E-state index is 13.4. The van der Waals surface area contributed by atoms with Crippen LogP contribution in [-0.2, 0) is 0 Å². The van der Waals surface area contributed by atoms with Crippen molar-refractivity contribution in [3.63, 3.8) is 0 Å². The zero-order valence-electron chi connectivity index (χ0n) is 17.5. The van der Waals surface area contributed by atoms with Gasteiger partial charge in [0.25, 0.3) is 5.91 Å². The number of carbonyl (C=O) groups excluding carboxylic acids is 1. The van der Waals surface area contributed by atoms with Crippen molar-refractivity contribution in [1.29, 1.82) is 0 Å². The van der Waals surface area contributed by atoms with Gasteiger partial charge in [-0.25, -0.2) is 0 Å². The quantitative estimate of drug-likeness (QED) is 0.476. The Bertz CT molecular complexity index is 1190. The Morgan fingerprint density at radius 2 is 1.77 bits per heavy atom. The number of halogens is 2. The van der Waals surface area contributed by atoms with Crippen LogP contribution >= 0.6 is 23.2 Å². The molecule has 0 radical (unpaired) electrons. The van der Waals surface area contributed by atoms with Gasteiger partial charge >= 0.3 is 0 Å². The molecular weight excluding hydrogens is 435 g/mol. The number of rotatable bonds is 7. The van der Waals surface area contributed by atoms with E-state index in [1.807, 2.05) is 6.07 Å². The molecular formula is C24H24Cl2N2O3. The summed E-state index contributed by atoms with van der Waals surface area (Å²) in [5.41, 5.74) is 1.34. The van der Waals surface area contributed by atoms with Gasteiger partial charge in [0.15, 0.2) is 5.43 Å². The Morgan fingerprint density at radius 3 is 2.48 bits per heavy atom. The van der Waals surface area contributed by atoms with Gasteiger partial charge in [-0.3, -0.25) is 9.59 Å². The minimum absolute atomic E-state index is 0.114. The van der Waals surface area contributed by atoms with Crippen LogP contribution in [0.3, 0.4) is 0 Å². The summed E-state index contributed by atoms with van der Waals surface area (Å²) < 4.78 is 5.94. The number of para-hydroxylation sites is 1. The number of carbonyl (C=O) groups is 1. The Morgan fingerprint density at radius 1 is 1.03 bits per heavy atom. The van der Waals surface area contributed by atoms with Crippen LogP contribution < -0.4 is 5.43 Å². The van der Waals surface area contributed by atoms with Gasteiger partial charge in [0.05, 0.1) is 27.0 Å². The molecule has 3 aromatic rings. The van der Waals surface area contributed by atoms with Gasteiger partial charge in [-0.05, 0) is 55.9 Å². The van der Waals surface area contributed by atoms with Crippen LogP contribution in [0.15, 0.2) is 51.7 Å². The van der Waals surface area contributed by atoms with E-state index in [0.29, 0.717) is 33.1 Å². The monoisotopic (exact) mass is 458 g/mol. The molecule has 7 heteroatoms. The van der Waals surface area contributed by atoms with Crippen LogP contribution in [0.4, 0.5) is 0 Å². The van der Waals surface area contributed by atoms with Crippen molar-refractivity contribution in [1.82, 2.24) is 9.80 Å². The molecule has 31 heavy (non-hydrogen) atoms. The van der Waals surface area contributed by atoms with Crippen molar-refractivity contribution in [3.8, 4) is 0 Å². The fourth-order valence-corrected chi connectivity index (χ4v) is 4.54. The van der Waals surface area contributed by atoms with Crippen LogP contribution in [0.25, 0.3) is 11.0 Å². The third-order valence-electron chi connectivity index (χ3n) is 5.90. The third-order valence-corrected chi connectivity index (χ3v) is 6.64. The summed E-state index contributed by atoms with van der Waals surface area (Å²) in [6.45, 7) is 7.50. The first kappa shape index (κ1) is 21.9. The van der Waals surface area contributed by atoms with E-state index in [2.05, 4.69) is 18.7 Å². The Balaban J connectivity index is 1.80. The average molecular weight is 459 g/mol. The summed E-state index contributed by atoms with van der Waals surface area (Å²) in [7, 11) is 0. The number of amides is 1. The van der Waals surface area contributed by atoms with E-state index in [4.69, 9.17) is 27.6 Å². The molecule has 1 aromatic heterocycles. The van der Waals surface area contributed by atoms with E-state index >= 15 is 0 Å². The van der Waals surface area contributed by atoms with Crippen LogP contribution in [0, 0.1) is 0 Å². The lowest BCUT2D eigenvalue weighted by Crippen LogP contribution is -2.33. The highest BCUT2D eigenvalue weighted by Gasteiger charge is 2.42. The van der Waals surface area contributed by atoms with E-state index in [-0.39, 0.29) is 17.1 Å². The van der Waals surface area contributed by atoms with Gasteiger partial charge < -0.3 is 14.2 Å². The van der Waals surface area contributed by atoms with E-state index in [9.17, 15) is 9.59 Å². The summed E-state index contributed by atoms with van der Waals surface area (Å²) in [6.07, 6.45) is 0.785. The normalized spacial score (nSPS) is 15.8. The summed E-state index contributed by atoms with van der Waals surface area (Å²) >= 11 is 12.4. The van der Waals surface area contributed by atoms with Crippen LogP contribution in [0.2, 0.25) is 10.0 Å². The summed E-state index contributed by atoms with van der Waals surface area (Å²) in [5, 5.41) is 1.27. The molecule has 1 atom stereocenters. The SMILES string of the molecule is CCN(CC)CCCN1C(=O)c2oc3ccccc3c(=O)c2[C@@H]1c1ccc(Cl)c(Cl)c1. The summed E-state index contributed by atoms with van der Waals surface area (Å²) in [6, 6.07) is 11.7. The van der Waals surface area contributed by atoms with Crippen molar-refractivity contribution >= 4 is 40.1 Å². The highest BCUT2D eigenvalue weighted by atomic mass is 35.5. The maximum Gasteiger partial charge on any atom is 0.290 e. The molecule has 5 nitrogen and oxygen atoms in total. The first-order chi connectivity index (χ1) is 15.0. The average Bonchev–Trinajstić information content (AvgIpc) is 3.05. The van der Waals surface area contributed by atoms with E-state index in [1.165, 1.54) is 0 Å². The zero-order chi connectivity index (χ0) is 22.1. The van der Waals surface area contributed by atoms with Crippen molar-refractivity contribution in [3.05, 3.63) is 79.6 Å². The second kappa shape index (κ2) is 9.03. The lowest BCUT2D eigenvalue weighted by molar-refractivity contribution is 0.0720. The smallest absolute Gasteiger partial charge is 0.290 e. The van der Waals surface area contributed by atoms with Crippen molar-refractivity contribution < 1.29 is 9.21 Å². The summed E-state index contributed by atoms with van der Waals surface area (Å²) in [5.74, 6) is -0.156. The first-order valence-corrected chi connectivity index (χ1v) is 11.3. The number of hydrogen-bond donors (Lipinski definition) is 0. The second-order valence-corrected chi connectivity index (χ2v) is 8.44. The van der Waals surface area contributed by atoms with Crippen molar-refractivity contribution in [2.75, 3.05) is 26.2 Å². The lowest BCUT2D eigenvalue weighted by atomic mass is 9.98. The van der Waals surface area contributed by atoms with Crippen LogP contribution in [0.1, 0.15) is 48.0 Å². The van der Waals surface area contributed by atoms with Crippen LogP contribution in [-0.4, -0.2) is 41.9 Å². The van der Waals surface area contributed by atoms with Gasteiger partial charge in [-0.1, -0.05) is 55.2 Å². The first-order valence-electron chi connectivity index (χ1n) is 10.5. The fourth-order valence-electron chi connectivity index (χ4n) is 4.23. The second-order valence-electron chi connectivity index (χ2n) is 7.63. The highest BCUT2D eigenvalue weighted by Crippen LogP contribution is 2.39. The number of benzene rings is 2. The standard InChI is InChI=1S/C24H24Cl2N2O3/c1-3-27(4-2)12-7-13-28-21(15-10-11-17(25)18(26)14-15)20-22(29)16-8-5-6-9-19(16)31-23(20)24(28)30/h5-6,8-11,14,21H,3-4,7,12-13H2,1-2H3/t21-/m0/s1. The lowest BCUT2D eigenvalue weighted by Gasteiger charge is -2.27. The predicted octanol–water partition coefficient (Wildman–Crippen LogP) is 5.38. The molecule has 162 valence electrons.